The standard InChI is InChI=1S/C19H21N3O2/c1-15-17(22-12-6-5-10-18(22)21-15)14-20-19(23)11-7-13-24-16-8-3-2-4-9-16/h2-6,8-10,12H,7,11,13-14H2,1H3,(H,20,23). The first-order valence-corrected chi connectivity index (χ1v) is 8.11. The van der Waals surface area contributed by atoms with Gasteiger partial charge in [0.1, 0.15) is 11.4 Å². The molecule has 0 spiro atoms. The molecule has 3 rings (SSSR count). The topological polar surface area (TPSA) is 55.6 Å². The van der Waals surface area contributed by atoms with Crippen LogP contribution in [0.25, 0.3) is 5.65 Å². The second-order valence-electron chi connectivity index (χ2n) is 5.61. The van der Waals surface area contributed by atoms with Crippen LogP contribution >= 0.6 is 0 Å². The van der Waals surface area contributed by atoms with Crippen LogP contribution in [-0.4, -0.2) is 21.9 Å². The van der Waals surface area contributed by atoms with E-state index in [2.05, 4.69) is 10.3 Å². The van der Waals surface area contributed by atoms with Gasteiger partial charge in [0.15, 0.2) is 0 Å². The first-order chi connectivity index (χ1) is 11.7. The lowest BCUT2D eigenvalue weighted by molar-refractivity contribution is -0.121. The van der Waals surface area contributed by atoms with Crippen LogP contribution in [0.5, 0.6) is 5.75 Å². The second kappa shape index (κ2) is 7.64. The van der Waals surface area contributed by atoms with E-state index in [0.717, 1.165) is 22.8 Å². The van der Waals surface area contributed by atoms with Crippen LogP contribution in [0, 0.1) is 6.92 Å². The van der Waals surface area contributed by atoms with Crippen LogP contribution in [0.15, 0.2) is 54.7 Å². The number of imidazole rings is 1. The lowest BCUT2D eigenvalue weighted by Gasteiger charge is -2.07. The van der Waals surface area contributed by atoms with Gasteiger partial charge in [-0.05, 0) is 37.6 Å². The van der Waals surface area contributed by atoms with Crippen molar-refractivity contribution in [1.29, 1.82) is 0 Å². The zero-order valence-electron chi connectivity index (χ0n) is 13.7. The van der Waals surface area contributed by atoms with E-state index in [1.807, 2.05) is 66.1 Å². The van der Waals surface area contributed by atoms with Crippen molar-refractivity contribution in [3.63, 3.8) is 0 Å². The molecular formula is C19H21N3O2. The van der Waals surface area contributed by atoms with Gasteiger partial charge in [0.05, 0.1) is 24.5 Å². The highest BCUT2D eigenvalue weighted by atomic mass is 16.5. The van der Waals surface area contributed by atoms with Crippen LogP contribution in [-0.2, 0) is 11.3 Å². The van der Waals surface area contributed by atoms with E-state index < -0.39 is 0 Å². The molecule has 2 aromatic heterocycles. The van der Waals surface area contributed by atoms with Crippen molar-refractivity contribution < 1.29 is 9.53 Å². The summed E-state index contributed by atoms with van der Waals surface area (Å²) >= 11 is 0. The molecule has 0 aliphatic heterocycles. The van der Waals surface area contributed by atoms with E-state index in [9.17, 15) is 4.79 Å². The summed E-state index contributed by atoms with van der Waals surface area (Å²) < 4.78 is 7.60. The monoisotopic (exact) mass is 323 g/mol. The Bertz CT molecular complexity index is 812. The first kappa shape index (κ1) is 16.1. The van der Waals surface area contributed by atoms with Crippen molar-refractivity contribution in [2.75, 3.05) is 6.61 Å². The number of amides is 1. The summed E-state index contributed by atoms with van der Waals surface area (Å²) in [5.41, 5.74) is 2.85. The van der Waals surface area contributed by atoms with Crippen molar-refractivity contribution >= 4 is 11.6 Å². The van der Waals surface area contributed by atoms with Crippen molar-refractivity contribution in [3.8, 4) is 5.75 Å². The molecule has 5 nitrogen and oxygen atoms in total. The molecule has 0 aliphatic carbocycles. The minimum absolute atomic E-state index is 0.0249. The summed E-state index contributed by atoms with van der Waals surface area (Å²) in [6, 6.07) is 15.5. The number of fused-ring (bicyclic) bond motifs is 1. The van der Waals surface area contributed by atoms with Crippen LogP contribution in [0.1, 0.15) is 24.2 Å². The molecule has 2 heterocycles. The van der Waals surface area contributed by atoms with Gasteiger partial charge in [-0.1, -0.05) is 24.3 Å². The maximum absolute atomic E-state index is 12.0. The number of benzene rings is 1. The van der Waals surface area contributed by atoms with Crippen LogP contribution in [0.3, 0.4) is 0 Å². The smallest absolute Gasteiger partial charge is 0.220 e. The Morgan fingerprint density at radius 2 is 1.96 bits per heavy atom. The predicted octanol–water partition coefficient (Wildman–Crippen LogP) is 3.12. The summed E-state index contributed by atoms with van der Waals surface area (Å²) in [6.07, 6.45) is 3.10. The largest absolute Gasteiger partial charge is 0.494 e. The Labute approximate surface area is 141 Å². The number of aromatic nitrogens is 2. The molecule has 1 N–H and O–H groups in total. The molecule has 0 radical (unpaired) electrons. The zero-order chi connectivity index (χ0) is 16.8. The minimum Gasteiger partial charge on any atom is -0.494 e. The van der Waals surface area contributed by atoms with Crippen LogP contribution in [0.2, 0.25) is 0 Å². The molecule has 0 fully saturated rings. The van der Waals surface area contributed by atoms with Gasteiger partial charge in [-0.2, -0.15) is 0 Å². The van der Waals surface area contributed by atoms with Crippen molar-refractivity contribution in [3.05, 3.63) is 66.1 Å². The molecule has 0 aliphatic rings. The third-order valence-corrected chi connectivity index (χ3v) is 3.84. The average Bonchev–Trinajstić information content (AvgIpc) is 2.93. The number of hydrogen-bond acceptors (Lipinski definition) is 3. The fourth-order valence-corrected chi connectivity index (χ4v) is 2.59. The summed E-state index contributed by atoms with van der Waals surface area (Å²) in [7, 11) is 0. The molecular weight excluding hydrogens is 302 g/mol. The first-order valence-electron chi connectivity index (χ1n) is 8.11. The van der Waals surface area contributed by atoms with Gasteiger partial charge < -0.3 is 14.5 Å². The Morgan fingerprint density at radius 1 is 1.17 bits per heavy atom. The molecule has 0 bridgehead atoms. The van der Waals surface area contributed by atoms with Crippen molar-refractivity contribution in [2.24, 2.45) is 0 Å². The van der Waals surface area contributed by atoms with Gasteiger partial charge in [-0.3, -0.25) is 4.79 Å². The highest BCUT2D eigenvalue weighted by Crippen LogP contribution is 2.12. The van der Waals surface area contributed by atoms with Gasteiger partial charge in [-0.25, -0.2) is 4.98 Å². The van der Waals surface area contributed by atoms with E-state index in [1.54, 1.807) is 0 Å². The van der Waals surface area contributed by atoms with E-state index in [0.29, 0.717) is 26.0 Å². The zero-order valence-corrected chi connectivity index (χ0v) is 13.7. The summed E-state index contributed by atoms with van der Waals surface area (Å²) in [6.45, 7) is 2.98. The lowest BCUT2D eigenvalue weighted by atomic mass is 10.3. The van der Waals surface area contributed by atoms with Gasteiger partial charge >= 0.3 is 0 Å². The number of carbonyl (C=O) groups is 1. The number of nitrogens with one attached hydrogen (secondary N) is 1. The predicted molar refractivity (Wildman–Crippen MR) is 92.9 cm³/mol. The summed E-state index contributed by atoms with van der Waals surface area (Å²) in [5, 5.41) is 2.96. The Kier molecular flexibility index (Phi) is 5.11. The number of para-hydroxylation sites is 1. The number of nitrogens with zero attached hydrogens (tertiary/aromatic N) is 2. The SMILES string of the molecule is Cc1nc2ccccn2c1CNC(=O)CCCOc1ccccc1. The van der Waals surface area contributed by atoms with Gasteiger partial charge in [0, 0.05) is 12.6 Å². The fraction of sp³-hybridized carbons (Fsp3) is 0.263. The number of aryl methyl sites for hydroxylation is 1. The van der Waals surface area contributed by atoms with Crippen LogP contribution < -0.4 is 10.1 Å². The number of carbonyl (C=O) groups excluding carboxylic acids is 1. The number of ether oxygens (including phenoxy) is 1. The van der Waals surface area contributed by atoms with Crippen molar-refractivity contribution in [1.82, 2.24) is 14.7 Å². The lowest BCUT2D eigenvalue weighted by Crippen LogP contribution is -2.24. The summed E-state index contributed by atoms with van der Waals surface area (Å²) in [5.74, 6) is 0.858. The van der Waals surface area contributed by atoms with Crippen LogP contribution in [0.4, 0.5) is 0 Å². The van der Waals surface area contributed by atoms with E-state index in [-0.39, 0.29) is 5.91 Å². The molecule has 0 saturated heterocycles. The van der Waals surface area contributed by atoms with Gasteiger partial charge in [-0.15, -0.1) is 0 Å². The Hall–Kier alpha value is -2.82. The van der Waals surface area contributed by atoms with Crippen molar-refractivity contribution in [2.45, 2.75) is 26.3 Å². The molecule has 1 aromatic carbocycles. The quantitative estimate of drug-likeness (QED) is 0.680. The molecule has 0 atom stereocenters. The molecule has 24 heavy (non-hydrogen) atoms. The normalized spacial score (nSPS) is 10.7. The summed E-state index contributed by atoms with van der Waals surface area (Å²) in [4.78, 5) is 16.5. The highest BCUT2D eigenvalue weighted by molar-refractivity contribution is 5.75. The molecule has 3 aromatic rings. The maximum atomic E-state index is 12.0. The van der Waals surface area contributed by atoms with Gasteiger partial charge in [0.2, 0.25) is 5.91 Å². The average molecular weight is 323 g/mol. The number of rotatable bonds is 7. The van der Waals surface area contributed by atoms with E-state index in [4.69, 9.17) is 4.74 Å². The maximum Gasteiger partial charge on any atom is 0.220 e. The van der Waals surface area contributed by atoms with Gasteiger partial charge in [0.25, 0.3) is 0 Å². The second-order valence-corrected chi connectivity index (χ2v) is 5.61. The minimum atomic E-state index is 0.0249. The molecule has 0 saturated carbocycles. The Balaban J connectivity index is 1.44. The molecule has 0 unspecified atom stereocenters. The van der Waals surface area contributed by atoms with E-state index >= 15 is 0 Å². The molecule has 5 heteroatoms. The fourth-order valence-electron chi connectivity index (χ4n) is 2.59. The Morgan fingerprint density at radius 3 is 2.79 bits per heavy atom. The molecule has 124 valence electrons. The number of hydrogen-bond donors (Lipinski definition) is 1. The highest BCUT2D eigenvalue weighted by Gasteiger charge is 2.09. The number of pyridine rings is 1. The van der Waals surface area contributed by atoms with E-state index in [1.165, 1.54) is 0 Å². The molecule has 1 amide bonds. The third-order valence-electron chi connectivity index (χ3n) is 3.84. The third kappa shape index (κ3) is 3.93.